The molecule has 44 valence electrons. The van der Waals surface area contributed by atoms with Gasteiger partial charge in [-0.25, -0.2) is 0 Å². The Balaban J connectivity index is -0.0000000800. The molecule has 7 heavy (non-hydrogen) atoms. The third-order valence-electron chi connectivity index (χ3n) is 0. The third kappa shape index (κ3) is 1400. The topological polar surface area (TPSA) is 123 Å². The van der Waals surface area contributed by atoms with Crippen LogP contribution in [0.25, 0.3) is 0 Å². The monoisotopic (exact) mass is 141 g/mol. The maximum absolute atomic E-state index is 8.55. The van der Waals surface area contributed by atoms with Crippen molar-refractivity contribution in [2.45, 2.75) is 0 Å². The Hall–Kier alpha value is 0.287. The average Bonchev–Trinajstić information content (AvgIpc) is 0.722. The molecule has 0 aliphatic heterocycles. The minimum absolute atomic E-state index is 0. The van der Waals surface area contributed by atoms with Gasteiger partial charge in [0.2, 0.25) is 0 Å². The highest BCUT2D eigenvalue weighted by Gasteiger charge is 1.44. The van der Waals surface area contributed by atoms with E-state index in [1.54, 1.807) is 0 Å². The van der Waals surface area contributed by atoms with E-state index in [0.717, 1.165) is 0 Å². The lowest BCUT2D eigenvalue weighted by Crippen LogP contribution is -2.24. The Morgan fingerprint density at radius 1 is 1.14 bits per heavy atom. The molecule has 0 rings (SSSR count). The standard InChI is InChI=1S/H3N.H3O4P.Si/c;1-5(2,3)4;/h1H3;(H3,1,2,3,4);/p-2. The summed E-state index contributed by atoms with van der Waals surface area (Å²) < 4.78 is 8.55. The smallest absolute Gasteiger partial charge is 0 e. The molecule has 0 unspecified atom stereocenters. The Morgan fingerprint density at radius 2 is 1.14 bits per heavy atom. The van der Waals surface area contributed by atoms with Crippen LogP contribution in [0.15, 0.2) is 0 Å². The van der Waals surface area contributed by atoms with Crippen molar-refractivity contribution in [1.82, 2.24) is 6.15 Å². The minimum Gasteiger partial charge on any atom is -0.822 e. The first-order valence-corrected chi connectivity index (χ1v) is 2.19. The molecule has 0 aromatic rings. The van der Waals surface area contributed by atoms with Crippen LogP contribution < -0.4 is 20.8 Å². The largest absolute Gasteiger partial charge is 0.822 e. The fourth-order valence-electron chi connectivity index (χ4n) is 0. The molecule has 0 atom stereocenters. The molecule has 0 fully saturated rings. The van der Waals surface area contributed by atoms with Crippen LogP contribution in [-0.4, -0.2) is 11.0 Å². The molecule has 0 heterocycles. The first kappa shape index (κ1) is 15.7. The first-order chi connectivity index (χ1) is 2.00. The zero-order chi connectivity index (χ0) is 4.50. The molecule has 7 heteroatoms. The highest BCUT2D eigenvalue weighted by atomic mass is 31.2. The van der Waals surface area contributed by atoms with Crippen molar-refractivity contribution in [3.8, 4) is 0 Å². The summed E-state index contributed by atoms with van der Waals surface area (Å²) in [6.45, 7) is 0. The van der Waals surface area contributed by atoms with Gasteiger partial charge in [-0.15, -0.1) is 0 Å². The summed E-state index contributed by atoms with van der Waals surface area (Å²) in [4.78, 5) is 25.6. The summed E-state index contributed by atoms with van der Waals surface area (Å²) in [5.41, 5.74) is 0. The van der Waals surface area contributed by atoms with Gasteiger partial charge in [-0.3, -0.25) is 0 Å². The Bertz CT molecular complexity index is 57.8. The van der Waals surface area contributed by atoms with Gasteiger partial charge in [-0.1, -0.05) is 0 Å². The zero-order valence-corrected chi connectivity index (χ0v) is 5.47. The molecular weight excluding hydrogens is 137 g/mol. The maximum atomic E-state index is 8.55. The van der Waals surface area contributed by atoms with Crippen LogP contribution in [0.2, 0.25) is 0 Å². The summed E-state index contributed by atoms with van der Waals surface area (Å²) in [6, 6.07) is 0. The van der Waals surface area contributed by atoms with Crippen molar-refractivity contribution >= 4 is 18.8 Å². The van der Waals surface area contributed by atoms with Gasteiger partial charge < -0.3 is 25.4 Å². The van der Waals surface area contributed by atoms with Gasteiger partial charge in [-0.05, 0) is 0 Å². The van der Waals surface area contributed by atoms with Crippen molar-refractivity contribution in [3.05, 3.63) is 0 Å². The summed E-state index contributed by atoms with van der Waals surface area (Å²) in [5, 5.41) is 0. The molecule has 0 bridgehead atoms. The van der Waals surface area contributed by atoms with Gasteiger partial charge in [0.05, 0.1) is 0 Å². The number of rotatable bonds is 0. The second-order valence-corrected chi connectivity index (χ2v) is 1.34. The maximum Gasteiger partial charge on any atom is 0 e. The van der Waals surface area contributed by atoms with E-state index in [2.05, 4.69) is 0 Å². The van der Waals surface area contributed by atoms with Crippen LogP contribution >= 0.6 is 7.82 Å². The van der Waals surface area contributed by atoms with Crippen molar-refractivity contribution in [3.63, 3.8) is 0 Å². The van der Waals surface area contributed by atoms with Crippen molar-refractivity contribution in [2.24, 2.45) is 0 Å². The summed E-state index contributed by atoms with van der Waals surface area (Å²) in [5.74, 6) is 0. The van der Waals surface area contributed by atoms with Crippen LogP contribution in [0, 0.1) is 0 Å². The Labute approximate surface area is 45.2 Å². The highest BCUT2D eigenvalue weighted by molar-refractivity contribution is 7.40. The van der Waals surface area contributed by atoms with E-state index in [-0.39, 0.29) is 17.1 Å². The summed E-state index contributed by atoms with van der Waals surface area (Å²) in [6.07, 6.45) is 0. The first-order valence-electron chi connectivity index (χ1n) is 0.730. The Kier molecular flexibility index (Phi) is 9.95. The molecule has 0 aromatic carbocycles. The predicted octanol–water partition coefficient (Wildman–Crippen LogP) is -2.83. The molecule has 0 aliphatic rings. The average molecular weight is 141 g/mol. The third-order valence-corrected chi connectivity index (χ3v) is 0. The fraction of sp³-hybridized carbons (Fsp3) is 0. The zero-order valence-electron chi connectivity index (χ0n) is 3.58. The number of hydrogen-bond donors (Lipinski definition) is 1. The summed E-state index contributed by atoms with van der Waals surface area (Å²) in [7, 11) is -5.39. The van der Waals surface area contributed by atoms with Gasteiger partial charge in [0, 0.05) is 11.0 Å². The van der Waals surface area contributed by atoms with E-state index in [1.807, 2.05) is 0 Å². The van der Waals surface area contributed by atoms with Crippen LogP contribution in [0.1, 0.15) is 0 Å². The molecule has 0 spiro atoms. The van der Waals surface area contributed by atoms with E-state index < -0.39 is 7.82 Å². The Morgan fingerprint density at radius 3 is 1.14 bits per heavy atom. The normalized spacial score (nSPS) is 8.43. The van der Waals surface area contributed by atoms with Crippen LogP contribution in [0.3, 0.4) is 0 Å². The molecule has 4 radical (unpaired) electrons. The second-order valence-electron chi connectivity index (χ2n) is 0.447. The number of phosphoric acid groups is 1. The van der Waals surface area contributed by atoms with Crippen LogP contribution in [0.5, 0.6) is 0 Å². The molecule has 0 amide bonds. The highest BCUT2D eigenvalue weighted by Crippen LogP contribution is 2.03. The van der Waals surface area contributed by atoms with E-state index in [9.17, 15) is 0 Å². The van der Waals surface area contributed by atoms with Gasteiger partial charge in [-0.2, -0.15) is 7.82 Å². The van der Waals surface area contributed by atoms with E-state index in [0.29, 0.717) is 0 Å². The summed E-state index contributed by atoms with van der Waals surface area (Å²) >= 11 is 0. The predicted molar refractivity (Wildman–Crippen MR) is 19.3 cm³/mol. The van der Waals surface area contributed by atoms with Gasteiger partial charge in [0.15, 0.2) is 0 Å². The number of quaternary nitrogens is 1. The minimum atomic E-state index is -5.39. The lowest BCUT2D eigenvalue weighted by Gasteiger charge is -2.36. The van der Waals surface area contributed by atoms with E-state index in [4.69, 9.17) is 19.2 Å². The molecule has 0 saturated carbocycles. The molecule has 4 N–H and O–H groups in total. The van der Waals surface area contributed by atoms with Gasteiger partial charge in [0.1, 0.15) is 0 Å². The SMILES string of the molecule is O=P([O-])([O-])[O-].[NH4+].[Si]. The molecule has 0 aliphatic carbocycles. The van der Waals surface area contributed by atoms with Gasteiger partial charge in [0.25, 0.3) is 0 Å². The van der Waals surface area contributed by atoms with Gasteiger partial charge >= 0.3 is 0 Å². The van der Waals surface area contributed by atoms with Crippen molar-refractivity contribution in [1.29, 1.82) is 0 Å². The molecule has 5 nitrogen and oxygen atoms in total. The van der Waals surface area contributed by atoms with E-state index in [1.165, 1.54) is 0 Å². The van der Waals surface area contributed by atoms with Crippen LogP contribution in [0.4, 0.5) is 0 Å². The molecule has 0 saturated heterocycles. The van der Waals surface area contributed by atoms with Crippen molar-refractivity contribution < 1.29 is 19.2 Å². The number of hydrogen-bond acceptors (Lipinski definition) is 4. The van der Waals surface area contributed by atoms with Crippen LogP contribution in [-0.2, 0) is 4.57 Å². The quantitative estimate of drug-likeness (QED) is 0.288. The lowest BCUT2D eigenvalue weighted by molar-refractivity contribution is -0.432. The second kappa shape index (κ2) is 4.45. The molecule has 0 aromatic heterocycles. The van der Waals surface area contributed by atoms with Crippen molar-refractivity contribution in [2.75, 3.05) is 0 Å². The lowest BCUT2D eigenvalue weighted by atomic mass is 14.0. The fourth-order valence-corrected chi connectivity index (χ4v) is 0. The van der Waals surface area contributed by atoms with E-state index >= 15 is 0 Å². The molecular formula is H4NO4PSi-2.